The summed E-state index contributed by atoms with van der Waals surface area (Å²) in [7, 11) is 1.50. The van der Waals surface area contributed by atoms with Crippen LogP contribution >= 0.6 is 12.8 Å². The quantitative estimate of drug-likeness (QED) is 0.288. The fraction of sp³-hybridized carbons (Fsp3) is 0.185. The number of ether oxygens (including phenoxy) is 2. The zero-order chi connectivity index (χ0) is 25.1. The molecule has 0 saturated carbocycles. The lowest BCUT2D eigenvalue weighted by molar-refractivity contribution is 0.122. The average Bonchev–Trinajstić information content (AvgIpc) is 2.93. The van der Waals surface area contributed by atoms with E-state index in [0.717, 1.165) is 24.2 Å². The maximum absolute atomic E-state index is 12.9. The third-order valence-electron chi connectivity index (χ3n) is 6.05. The van der Waals surface area contributed by atoms with Gasteiger partial charge in [0.2, 0.25) is 0 Å². The standard InChI is InChI=1S/C27H25N3O5S/c1-33-25-17-21(10-11-22(25)23-16-18-4-2-3-5-24(18)35-26(23)31)30(36)27(32)28-19-6-8-20(9-7-19)29-12-14-34-15-13-29/h2-11,16-17,36H,12-15H2,1H3,(H,28,32). The predicted octanol–water partition coefficient (Wildman–Crippen LogP) is 5.19. The van der Waals surface area contributed by atoms with Crippen LogP contribution in [0.5, 0.6) is 5.75 Å². The van der Waals surface area contributed by atoms with E-state index in [1.165, 1.54) is 11.4 Å². The number of nitrogens with zero attached hydrogens (tertiary/aromatic N) is 2. The molecule has 1 fully saturated rings. The molecule has 0 atom stereocenters. The van der Waals surface area contributed by atoms with Crippen LogP contribution < -0.4 is 24.9 Å². The molecule has 1 saturated heterocycles. The molecular formula is C27H25N3O5S. The number of hydrogen-bond donors (Lipinski definition) is 2. The van der Waals surface area contributed by atoms with Gasteiger partial charge in [0.05, 0.1) is 31.6 Å². The van der Waals surface area contributed by atoms with Crippen LogP contribution in [0.2, 0.25) is 0 Å². The van der Waals surface area contributed by atoms with Crippen molar-refractivity contribution in [1.29, 1.82) is 0 Å². The minimum Gasteiger partial charge on any atom is -0.496 e. The number of anilines is 3. The second-order valence-corrected chi connectivity index (χ2v) is 8.66. The zero-order valence-electron chi connectivity index (χ0n) is 19.6. The van der Waals surface area contributed by atoms with Crippen molar-refractivity contribution >= 4 is 46.9 Å². The van der Waals surface area contributed by atoms with E-state index < -0.39 is 11.7 Å². The van der Waals surface area contributed by atoms with Crippen LogP contribution in [0.4, 0.5) is 21.9 Å². The third-order valence-corrected chi connectivity index (χ3v) is 6.46. The minimum atomic E-state index is -0.472. The summed E-state index contributed by atoms with van der Waals surface area (Å²) in [6.45, 7) is 3.10. The molecule has 1 aromatic heterocycles. The SMILES string of the molecule is COc1cc(N(S)C(=O)Nc2ccc(N3CCOCC3)cc2)ccc1-c1cc2ccccc2oc1=O. The number of urea groups is 1. The lowest BCUT2D eigenvalue weighted by atomic mass is 10.0. The number of rotatable bonds is 5. The number of fused-ring (bicyclic) bond motifs is 1. The molecule has 9 heteroatoms. The van der Waals surface area contributed by atoms with Crippen LogP contribution in [0.25, 0.3) is 22.1 Å². The normalized spacial score (nSPS) is 13.4. The second kappa shape index (κ2) is 10.3. The number of para-hydroxylation sites is 1. The Labute approximate surface area is 213 Å². The molecule has 0 bridgehead atoms. The Morgan fingerprint density at radius 1 is 1.00 bits per heavy atom. The van der Waals surface area contributed by atoms with Crippen molar-refractivity contribution in [3.63, 3.8) is 0 Å². The lowest BCUT2D eigenvalue weighted by Crippen LogP contribution is -2.36. The first-order valence-corrected chi connectivity index (χ1v) is 11.9. The summed E-state index contributed by atoms with van der Waals surface area (Å²) < 4.78 is 17.6. The molecule has 0 aliphatic carbocycles. The molecule has 3 aromatic carbocycles. The van der Waals surface area contributed by atoms with E-state index in [1.54, 1.807) is 30.3 Å². The molecule has 8 nitrogen and oxygen atoms in total. The van der Waals surface area contributed by atoms with Crippen LogP contribution in [0.1, 0.15) is 0 Å². The van der Waals surface area contributed by atoms with Crippen molar-refractivity contribution in [2.24, 2.45) is 0 Å². The topological polar surface area (TPSA) is 84.2 Å². The van der Waals surface area contributed by atoms with E-state index in [9.17, 15) is 9.59 Å². The predicted molar refractivity (Wildman–Crippen MR) is 144 cm³/mol. The van der Waals surface area contributed by atoms with Crippen LogP contribution in [0.15, 0.2) is 82.0 Å². The smallest absolute Gasteiger partial charge is 0.344 e. The van der Waals surface area contributed by atoms with Gasteiger partial charge in [-0.2, -0.15) is 0 Å². The number of amides is 2. The van der Waals surface area contributed by atoms with Gasteiger partial charge in [0.1, 0.15) is 11.3 Å². The maximum Gasteiger partial charge on any atom is 0.344 e. The van der Waals surface area contributed by atoms with Gasteiger partial charge < -0.3 is 24.1 Å². The molecule has 0 spiro atoms. The van der Waals surface area contributed by atoms with E-state index in [-0.39, 0.29) is 0 Å². The Balaban J connectivity index is 1.34. The van der Waals surface area contributed by atoms with E-state index >= 15 is 0 Å². The highest BCUT2D eigenvalue weighted by Crippen LogP contribution is 2.34. The Morgan fingerprint density at radius 2 is 1.75 bits per heavy atom. The summed E-state index contributed by atoms with van der Waals surface area (Å²) in [5.74, 6) is 0.414. The van der Waals surface area contributed by atoms with Crippen LogP contribution in [-0.4, -0.2) is 39.4 Å². The molecule has 2 amide bonds. The van der Waals surface area contributed by atoms with E-state index in [0.29, 0.717) is 47.0 Å². The van der Waals surface area contributed by atoms with Gasteiger partial charge in [-0.1, -0.05) is 31.0 Å². The monoisotopic (exact) mass is 503 g/mol. The molecule has 4 aromatic rings. The summed E-state index contributed by atoms with van der Waals surface area (Å²) in [5, 5.41) is 3.64. The van der Waals surface area contributed by atoms with Gasteiger partial charge in [0.15, 0.2) is 0 Å². The fourth-order valence-electron chi connectivity index (χ4n) is 4.15. The molecule has 1 aliphatic heterocycles. The molecule has 0 radical (unpaired) electrons. The molecule has 5 rings (SSSR count). The number of morpholine rings is 1. The molecule has 36 heavy (non-hydrogen) atoms. The van der Waals surface area contributed by atoms with Gasteiger partial charge in [-0.25, -0.2) is 13.9 Å². The maximum atomic E-state index is 12.9. The minimum absolute atomic E-state index is 0.368. The zero-order valence-corrected chi connectivity index (χ0v) is 20.5. The Bertz CT molecular complexity index is 1450. The highest BCUT2D eigenvalue weighted by Gasteiger charge is 2.18. The van der Waals surface area contributed by atoms with Gasteiger partial charge >= 0.3 is 11.7 Å². The molecular weight excluding hydrogens is 478 g/mol. The van der Waals surface area contributed by atoms with Crippen molar-refractivity contribution in [3.8, 4) is 16.9 Å². The van der Waals surface area contributed by atoms with Crippen molar-refractivity contribution < 1.29 is 18.7 Å². The van der Waals surface area contributed by atoms with Crippen LogP contribution in [-0.2, 0) is 4.74 Å². The summed E-state index contributed by atoms with van der Waals surface area (Å²) in [6, 6.07) is 21.3. The van der Waals surface area contributed by atoms with Crippen molar-refractivity contribution in [1.82, 2.24) is 0 Å². The number of thiol groups is 1. The van der Waals surface area contributed by atoms with Crippen LogP contribution in [0.3, 0.4) is 0 Å². The van der Waals surface area contributed by atoms with Gasteiger partial charge in [0, 0.05) is 41.5 Å². The van der Waals surface area contributed by atoms with E-state index in [4.69, 9.17) is 13.9 Å². The first kappa shape index (κ1) is 23.8. The van der Waals surface area contributed by atoms with Gasteiger partial charge in [-0.15, -0.1) is 0 Å². The summed E-state index contributed by atoms with van der Waals surface area (Å²) in [6.07, 6.45) is 0. The largest absolute Gasteiger partial charge is 0.496 e. The van der Waals surface area contributed by atoms with E-state index in [2.05, 4.69) is 23.0 Å². The number of benzene rings is 3. The third kappa shape index (κ3) is 4.89. The molecule has 1 aliphatic rings. The highest BCUT2D eigenvalue weighted by molar-refractivity contribution is 7.82. The molecule has 184 valence electrons. The van der Waals surface area contributed by atoms with Gasteiger partial charge in [-0.3, -0.25) is 0 Å². The summed E-state index contributed by atoms with van der Waals surface area (Å²) in [5.41, 5.74) is 3.17. The first-order valence-electron chi connectivity index (χ1n) is 11.5. The number of carbonyl (C=O) groups excluding carboxylic acids is 1. The first-order chi connectivity index (χ1) is 17.5. The number of hydrogen-bond acceptors (Lipinski definition) is 7. The lowest BCUT2D eigenvalue weighted by Gasteiger charge is -2.29. The highest BCUT2D eigenvalue weighted by atomic mass is 32.1. The Kier molecular flexibility index (Phi) is 6.84. The fourth-order valence-corrected chi connectivity index (χ4v) is 4.33. The van der Waals surface area contributed by atoms with Crippen molar-refractivity contribution in [3.05, 3.63) is 83.2 Å². The number of carbonyl (C=O) groups is 1. The van der Waals surface area contributed by atoms with Crippen LogP contribution in [0, 0.1) is 0 Å². The number of nitrogens with one attached hydrogen (secondary N) is 1. The molecule has 2 heterocycles. The molecule has 1 N–H and O–H groups in total. The summed E-state index contributed by atoms with van der Waals surface area (Å²) in [4.78, 5) is 27.7. The average molecular weight is 504 g/mol. The van der Waals surface area contributed by atoms with E-state index in [1.807, 2.05) is 42.5 Å². The number of methoxy groups -OCH3 is 1. The van der Waals surface area contributed by atoms with Crippen molar-refractivity contribution in [2.45, 2.75) is 0 Å². The second-order valence-electron chi connectivity index (χ2n) is 8.26. The van der Waals surface area contributed by atoms with Crippen molar-refractivity contribution in [2.75, 3.05) is 47.9 Å². The Hall–Kier alpha value is -3.95. The van der Waals surface area contributed by atoms with Gasteiger partial charge in [0.25, 0.3) is 0 Å². The summed E-state index contributed by atoms with van der Waals surface area (Å²) >= 11 is 4.39. The molecule has 0 unspecified atom stereocenters. The Morgan fingerprint density at radius 3 is 2.50 bits per heavy atom. The van der Waals surface area contributed by atoms with Gasteiger partial charge in [-0.05, 0) is 48.5 Å².